The molecule has 0 saturated carbocycles. The van der Waals surface area contributed by atoms with Crippen molar-refractivity contribution >= 4 is 23.2 Å². The maximum absolute atomic E-state index is 13.1. The number of primary amides is 1. The molecule has 3 heterocycles. The summed E-state index contributed by atoms with van der Waals surface area (Å²) in [6, 6.07) is 12.3. The number of piperidine rings is 1. The van der Waals surface area contributed by atoms with Crippen LogP contribution in [-0.2, 0) is 17.8 Å². The summed E-state index contributed by atoms with van der Waals surface area (Å²) >= 11 is 1.69. The third-order valence-electron chi connectivity index (χ3n) is 6.36. The minimum atomic E-state index is -0.646. The molecule has 0 atom stereocenters. The summed E-state index contributed by atoms with van der Waals surface area (Å²) in [6.07, 6.45) is 3.53. The highest BCUT2D eigenvalue weighted by atomic mass is 32.1. The van der Waals surface area contributed by atoms with Gasteiger partial charge in [0.05, 0.1) is 16.7 Å². The Kier molecular flexibility index (Phi) is 5.96. The van der Waals surface area contributed by atoms with E-state index < -0.39 is 5.41 Å². The Morgan fingerprint density at radius 2 is 1.90 bits per heavy atom. The number of aromatic nitrogens is 2. The zero-order valence-electron chi connectivity index (χ0n) is 18.0. The first-order valence-corrected chi connectivity index (χ1v) is 11.6. The zero-order valence-corrected chi connectivity index (χ0v) is 18.8. The van der Waals surface area contributed by atoms with Crippen LogP contribution >= 0.6 is 11.3 Å². The minimum absolute atomic E-state index is 0.0192. The van der Waals surface area contributed by atoms with Gasteiger partial charge >= 0.3 is 0 Å². The molecule has 0 spiro atoms. The lowest BCUT2D eigenvalue weighted by Gasteiger charge is -2.40. The van der Waals surface area contributed by atoms with Gasteiger partial charge in [-0.1, -0.05) is 30.3 Å². The van der Waals surface area contributed by atoms with Gasteiger partial charge in [-0.3, -0.25) is 14.3 Å². The molecule has 162 valence electrons. The van der Waals surface area contributed by atoms with Crippen molar-refractivity contribution in [3.63, 3.8) is 0 Å². The number of hydrogen-bond donors (Lipinski definition) is 1. The topological polar surface area (TPSA) is 81.2 Å². The van der Waals surface area contributed by atoms with E-state index in [-0.39, 0.29) is 11.8 Å². The van der Waals surface area contributed by atoms with E-state index in [1.807, 2.05) is 43.1 Å². The molecular weight excluding hydrogens is 408 g/mol. The van der Waals surface area contributed by atoms with Gasteiger partial charge in [-0.2, -0.15) is 5.10 Å². The molecule has 0 aliphatic carbocycles. The lowest BCUT2D eigenvalue weighted by atomic mass is 9.72. The summed E-state index contributed by atoms with van der Waals surface area (Å²) in [4.78, 5) is 28.7. The summed E-state index contributed by atoms with van der Waals surface area (Å²) in [5.41, 5.74) is 8.95. The predicted octanol–water partition coefficient (Wildman–Crippen LogP) is 3.89. The molecule has 0 radical (unpaired) electrons. The normalized spacial score (nSPS) is 15.7. The standard InChI is InChI=1S/C24H28N4O2S/c1-3-28-16-20(17(2)26-28)22(29)27-12-10-24(11-13-27,23(25)30)15-18-7-4-5-8-19(18)21-9-6-14-31-21/h4-9,14,16H,3,10-13,15H2,1-2H3,(H2,25,30). The molecular formula is C24H28N4O2S. The largest absolute Gasteiger partial charge is 0.369 e. The molecule has 2 amide bonds. The molecule has 6 nitrogen and oxygen atoms in total. The number of nitrogens with two attached hydrogens (primary N) is 1. The molecule has 1 aliphatic heterocycles. The van der Waals surface area contributed by atoms with E-state index >= 15 is 0 Å². The monoisotopic (exact) mass is 436 g/mol. The Bertz CT molecular complexity index is 1080. The van der Waals surface area contributed by atoms with Crippen molar-refractivity contribution in [2.75, 3.05) is 13.1 Å². The van der Waals surface area contributed by atoms with Crippen molar-refractivity contribution in [1.82, 2.24) is 14.7 Å². The van der Waals surface area contributed by atoms with Crippen LogP contribution in [0.4, 0.5) is 0 Å². The first-order valence-electron chi connectivity index (χ1n) is 10.7. The molecule has 0 bridgehead atoms. The van der Waals surface area contributed by atoms with E-state index in [1.54, 1.807) is 16.0 Å². The van der Waals surface area contributed by atoms with Gasteiger partial charge in [0.15, 0.2) is 0 Å². The number of rotatable bonds is 6. The van der Waals surface area contributed by atoms with Gasteiger partial charge < -0.3 is 10.6 Å². The summed E-state index contributed by atoms with van der Waals surface area (Å²) < 4.78 is 1.78. The highest BCUT2D eigenvalue weighted by Gasteiger charge is 2.41. The van der Waals surface area contributed by atoms with Gasteiger partial charge in [-0.25, -0.2) is 0 Å². The van der Waals surface area contributed by atoms with Gasteiger partial charge in [0.1, 0.15) is 0 Å². The first kappa shape index (κ1) is 21.3. The molecule has 1 fully saturated rings. The van der Waals surface area contributed by atoms with Gasteiger partial charge in [-0.05, 0) is 55.7 Å². The number of hydrogen-bond acceptors (Lipinski definition) is 4. The van der Waals surface area contributed by atoms with Crippen molar-refractivity contribution < 1.29 is 9.59 Å². The fourth-order valence-electron chi connectivity index (χ4n) is 4.42. The van der Waals surface area contributed by atoms with E-state index in [2.05, 4.69) is 28.7 Å². The second kappa shape index (κ2) is 8.67. The molecule has 3 aromatic rings. The fourth-order valence-corrected chi connectivity index (χ4v) is 5.21. The Morgan fingerprint density at radius 3 is 2.52 bits per heavy atom. The lowest BCUT2D eigenvalue weighted by molar-refractivity contribution is -0.130. The highest BCUT2D eigenvalue weighted by molar-refractivity contribution is 7.13. The summed E-state index contributed by atoms with van der Waals surface area (Å²) in [5, 5.41) is 6.45. The number of aryl methyl sites for hydroxylation is 2. The highest BCUT2D eigenvalue weighted by Crippen LogP contribution is 2.39. The number of benzene rings is 1. The molecule has 1 aliphatic rings. The molecule has 7 heteroatoms. The van der Waals surface area contributed by atoms with Crippen LogP contribution in [0.2, 0.25) is 0 Å². The second-order valence-electron chi connectivity index (χ2n) is 8.23. The Morgan fingerprint density at radius 1 is 1.16 bits per heavy atom. The quantitative estimate of drug-likeness (QED) is 0.636. The molecule has 31 heavy (non-hydrogen) atoms. The Labute approximate surface area is 186 Å². The van der Waals surface area contributed by atoms with E-state index in [1.165, 1.54) is 4.88 Å². The zero-order chi connectivity index (χ0) is 22.0. The van der Waals surface area contributed by atoms with Crippen molar-refractivity contribution in [1.29, 1.82) is 0 Å². The summed E-state index contributed by atoms with van der Waals surface area (Å²) in [7, 11) is 0. The fraction of sp³-hybridized carbons (Fsp3) is 0.375. The number of carbonyl (C=O) groups is 2. The average molecular weight is 437 g/mol. The van der Waals surface area contributed by atoms with E-state index in [0.717, 1.165) is 23.4 Å². The number of nitrogens with zero attached hydrogens (tertiary/aromatic N) is 3. The number of likely N-dealkylation sites (tertiary alicyclic amines) is 1. The third kappa shape index (κ3) is 4.14. The van der Waals surface area contributed by atoms with Gasteiger partial charge in [0.25, 0.3) is 5.91 Å². The van der Waals surface area contributed by atoms with Crippen molar-refractivity contribution in [2.45, 2.75) is 39.7 Å². The number of amides is 2. The van der Waals surface area contributed by atoms with Crippen LogP contribution < -0.4 is 5.73 Å². The Balaban J connectivity index is 1.53. The van der Waals surface area contributed by atoms with Gasteiger partial charge in [0, 0.05) is 30.7 Å². The summed E-state index contributed by atoms with van der Waals surface area (Å²) in [5.74, 6) is -0.301. The average Bonchev–Trinajstić information content (AvgIpc) is 3.44. The van der Waals surface area contributed by atoms with Gasteiger partial charge in [0.2, 0.25) is 5.91 Å². The lowest BCUT2D eigenvalue weighted by Crippen LogP contribution is -2.50. The van der Waals surface area contributed by atoms with E-state index in [4.69, 9.17) is 5.73 Å². The van der Waals surface area contributed by atoms with Crippen LogP contribution in [0, 0.1) is 12.3 Å². The van der Waals surface area contributed by atoms with Crippen LogP contribution in [0.1, 0.15) is 41.4 Å². The molecule has 2 aromatic heterocycles. The second-order valence-corrected chi connectivity index (χ2v) is 9.18. The maximum Gasteiger partial charge on any atom is 0.257 e. The SMILES string of the molecule is CCn1cc(C(=O)N2CCC(Cc3ccccc3-c3cccs3)(C(N)=O)CC2)c(C)n1. The Hall–Kier alpha value is -2.93. The predicted molar refractivity (Wildman–Crippen MR) is 123 cm³/mol. The number of carbonyl (C=O) groups excluding carboxylic acids is 2. The van der Waals surface area contributed by atoms with Crippen molar-refractivity contribution in [3.05, 3.63) is 64.8 Å². The van der Waals surface area contributed by atoms with Crippen LogP contribution in [0.15, 0.2) is 48.0 Å². The van der Waals surface area contributed by atoms with E-state index in [0.29, 0.717) is 37.9 Å². The van der Waals surface area contributed by atoms with Gasteiger partial charge in [-0.15, -0.1) is 11.3 Å². The molecule has 1 aromatic carbocycles. The van der Waals surface area contributed by atoms with E-state index in [9.17, 15) is 9.59 Å². The minimum Gasteiger partial charge on any atom is -0.369 e. The van der Waals surface area contributed by atoms with Crippen LogP contribution in [0.5, 0.6) is 0 Å². The van der Waals surface area contributed by atoms with Crippen LogP contribution in [0.25, 0.3) is 10.4 Å². The number of thiophene rings is 1. The third-order valence-corrected chi connectivity index (χ3v) is 7.27. The first-order chi connectivity index (χ1) is 14.9. The summed E-state index contributed by atoms with van der Waals surface area (Å²) in [6.45, 7) is 5.61. The van der Waals surface area contributed by atoms with Crippen molar-refractivity contribution in [3.8, 4) is 10.4 Å². The van der Waals surface area contributed by atoms with Crippen molar-refractivity contribution in [2.24, 2.45) is 11.1 Å². The molecule has 2 N–H and O–H groups in total. The smallest absolute Gasteiger partial charge is 0.257 e. The van der Waals surface area contributed by atoms with Crippen LogP contribution in [0.3, 0.4) is 0 Å². The van der Waals surface area contributed by atoms with Crippen LogP contribution in [-0.4, -0.2) is 39.6 Å². The maximum atomic E-state index is 13.1. The molecule has 4 rings (SSSR count). The molecule has 1 saturated heterocycles. The molecule has 0 unspecified atom stereocenters.